The van der Waals surface area contributed by atoms with Gasteiger partial charge in [0.05, 0.1) is 29.8 Å². The maximum absolute atomic E-state index is 12.8. The molecule has 0 atom stereocenters. The first-order valence-electron chi connectivity index (χ1n) is 7.46. The Labute approximate surface area is 151 Å². The van der Waals surface area contributed by atoms with Crippen LogP contribution in [0.1, 0.15) is 22.8 Å². The van der Waals surface area contributed by atoms with Gasteiger partial charge in [0.15, 0.2) is 11.5 Å². The van der Waals surface area contributed by atoms with Crippen molar-refractivity contribution >= 4 is 29.1 Å². The summed E-state index contributed by atoms with van der Waals surface area (Å²) < 4.78 is 10.5. The number of rotatable bonds is 6. The lowest BCUT2D eigenvalue weighted by Crippen LogP contribution is -2.30. The molecule has 128 valence electrons. The molecule has 0 aliphatic heterocycles. The van der Waals surface area contributed by atoms with E-state index in [1.165, 1.54) is 0 Å². The molecule has 0 aromatic heterocycles. The van der Waals surface area contributed by atoms with E-state index in [0.29, 0.717) is 35.2 Å². The highest BCUT2D eigenvalue weighted by atomic mass is 35.5. The zero-order valence-corrected chi connectivity index (χ0v) is 15.3. The smallest absolute Gasteiger partial charge is 0.255 e. The van der Waals surface area contributed by atoms with E-state index in [9.17, 15) is 4.79 Å². The van der Waals surface area contributed by atoms with Crippen molar-refractivity contribution in [2.24, 2.45) is 0 Å². The molecule has 24 heavy (non-hydrogen) atoms. The lowest BCUT2D eigenvalue weighted by molar-refractivity contribution is 0.0752. The zero-order chi connectivity index (χ0) is 17.7. The summed E-state index contributed by atoms with van der Waals surface area (Å²) in [5.74, 6) is 1.10. The molecule has 0 saturated carbocycles. The van der Waals surface area contributed by atoms with Crippen LogP contribution in [0.2, 0.25) is 10.0 Å². The molecule has 2 aromatic rings. The SMILES string of the molecule is CCN(Cc1ccc(OC)c(OC)c1)C(=O)c1cccc(Cl)c1Cl. The van der Waals surface area contributed by atoms with Crippen molar-refractivity contribution < 1.29 is 14.3 Å². The van der Waals surface area contributed by atoms with Gasteiger partial charge in [0, 0.05) is 13.1 Å². The standard InChI is InChI=1S/C18H19Cl2NO3/c1-4-21(18(22)13-6-5-7-14(19)17(13)20)11-12-8-9-15(23-2)16(10-12)24-3/h5-10H,4,11H2,1-3H3. The number of nitrogens with zero attached hydrogens (tertiary/aromatic N) is 1. The molecule has 0 radical (unpaired) electrons. The van der Waals surface area contributed by atoms with Gasteiger partial charge >= 0.3 is 0 Å². The van der Waals surface area contributed by atoms with Crippen LogP contribution in [0.5, 0.6) is 11.5 Å². The van der Waals surface area contributed by atoms with Crippen LogP contribution in [0, 0.1) is 0 Å². The fraction of sp³-hybridized carbons (Fsp3) is 0.278. The van der Waals surface area contributed by atoms with Crippen LogP contribution in [0.15, 0.2) is 36.4 Å². The molecule has 0 saturated heterocycles. The fourth-order valence-electron chi connectivity index (χ4n) is 2.37. The van der Waals surface area contributed by atoms with Gasteiger partial charge in [-0.05, 0) is 36.8 Å². The Morgan fingerprint density at radius 1 is 1.08 bits per heavy atom. The maximum Gasteiger partial charge on any atom is 0.255 e. The Kier molecular flexibility index (Phi) is 6.35. The van der Waals surface area contributed by atoms with E-state index < -0.39 is 0 Å². The van der Waals surface area contributed by atoms with Crippen molar-refractivity contribution in [1.82, 2.24) is 4.90 Å². The number of amides is 1. The molecule has 0 aliphatic rings. The molecule has 1 amide bonds. The first-order valence-corrected chi connectivity index (χ1v) is 8.21. The second-order valence-electron chi connectivity index (χ2n) is 5.11. The summed E-state index contributed by atoms with van der Waals surface area (Å²) >= 11 is 12.2. The van der Waals surface area contributed by atoms with Crippen LogP contribution < -0.4 is 9.47 Å². The average Bonchev–Trinajstić information content (AvgIpc) is 2.61. The van der Waals surface area contributed by atoms with E-state index in [4.69, 9.17) is 32.7 Å². The van der Waals surface area contributed by atoms with Crippen molar-refractivity contribution in [3.8, 4) is 11.5 Å². The van der Waals surface area contributed by atoms with Crippen LogP contribution in [0.4, 0.5) is 0 Å². The third-order valence-corrected chi connectivity index (χ3v) is 4.49. The maximum atomic E-state index is 12.8. The third-order valence-electron chi connectivity index (χ3n) is 3.67. The second kappa shape index (κ2) is 8.27. The number of hydrogen-bond donors (Lipinski definition) is 0. The van der Waals surface area contributed by atoms with Gasteiger partial charge in [0.25, 0.3) is 5.91 Å². The first-order chi connectivity index (χ1) is 11.5. The first kappa shape index (κ1) is 18.4. The molecule has 0 spiro atoms. The number of halogens is 2. The highest BCUT2D eigenvalue weighted by molar-refractivity contribution is 6.43. The molecule has 0 aliphatic carbocycles. The molecule has 0 bridgehead atoms. The quantitative estimate of drug-likeness (QED) is 0.744. The number of hydrogen-bond acceptors (Lipinski definition) is 3. The van der Waals surface area contributed by atoms with Gasteiger partial charge in [0.1, 0.15) is 0 Å². The third kappa shape index (κ3) is 3.94. The highest BCUT2D eigenvalue weighted by Crippen LogP contribution is 2.29. The highest BCUT2D eigenvalue weighted by Gasteiger charge is 2.19. The van der Waals surface area contributed by atoms with E-state index >= 15 is 0 Å². The largest absolute Gasteiger partial charge is 0.493 e. The molecule has 0 unspecified atom stereocenters. The van der Waals surface area contributed by atoms with Crippen molar-refractivity contribution in [2.45, 2.75) is 13.5 Å². The predicted octanol–water partition coefficient (Wildman–Crippen LogP) is 4.67. The van der Waals surface area contributed by atoms with Crippen LogP contribution in [-0.4, -0.2) is 31.6 Å². The van der Waals surface area contributed by atoms with Gasteiger partial charge in [-0.3, -0.25) is 4.79 Å². The van der Waals surface area contributed by atoms with Crippen molar-refractivity contribution in [1.29, 1.82) is 0 Å². The predicted molar refractivity (Wildman–Crippen MR) is 96.4 cm³/mol. The Morgan fingerprint density at radius 3 is 2.42 bits per heavy atom. The van der Waals surface area contributed by atoms with Gasteiger partial charge in [-0.15, -0.1) is 0 Å². The van der Waals surface area contributed by atoms with E-state index in [2.05, 4.69) is 0 Å². The zero-order valence-electron chi connectivity index (χ0n) is 13.8. The Bertz CT molecular complexity index is 734. The Balaban J connectivity index is 2.26. The normalized spacial score (nSPS) is 10.4. The number of ether oxygens (including phenoxy) is 2. The molecule has 2 aromatic carbocycles. The average molecular weight is 368 g/mol. The topological polar surface area (TPSA) is 38.8 Å². The molecule has 2 rings (SSSR count). The number of methoxy groups -OCH3 is 2. The summed E-state index contributed by atoms with van der Waals surface area (Å²) in [6.45, 7) is 2.88. The van der Waals surface area contributed by atoms with Crippen LogP contribution in [0.3, 0.4) is 0 Å². The minimum absolute atomic E-state index is 0.167. The molecule has 0 fully saturated rings. The lowest BCUT2D eigenvalue weighted by Gasteiger charge is -2.22. The minimum atomic E-state index is -0.167. The summed E-state index contributed by atoms with van der Waals surface area (Å²) in [4.78, 5) is 14.5. The van der Waals surface area contributed by atoms with Crippen LogP contribution >= 0.6 is 23.2 Å². The Morgan fingerprint density at radius 2 is 1.79 bits per heavy atom. The van der Waals surface area contributed by atoms with Gasteiger partial charge in [0.2, 0.25) is 0 Å². The summed E-state index contributed by atoms with van der Waals surface area (Å²) in [5, 5.41) is 0.639. The fourth-order valence-corrected chi connectivity index (χ4v) is 2.75. The minimum Gasteiger partial charge on any atom is -0.493 e. The van der Waals surface area contributed by atoms with E-state index in [1.54, 1.807) is 37.3 Å². The summed E-state index contributed by atoms with van der Waals surface area (Å²) in [7, 11) is 3.16. The van der Waals surface area contributed by atoms with Gasteiger partial charge in [-0.1, -0.05) is 35.3 Å². The Hall–Kier alpha value is -1.91. The number of carbonyl (C=O) groups is 1. The summed E-state index contributed by atoms with van der Waals surface area (Å²) in [6, 6.07) is 10.6. The van der Waals surface area contributed by atoms with Crippen molar-refractivity contribution in [2.75, 3.05) is 20.8 Å². The lowest BCUT2D eigenvalue weighted by atomic mass is 10.1. The molecule has 0 heterocycles. The molecular formula is C18H19Cl2NO3. The van der Waals surface area contributed by atoms with Gasteiger partial charge < -0.3 is 14.4 Å². The van der Waals surface area contributed by atoms with E-state index in [0.717, 1.165) is 5.56 Å². The van der Waals surface area contributed by atoms with Gasteiger partial charge in [-0.25, -0.2) is 0 Å². The van der Waals surface area contributed by atoms with Gasteiger partial charge in [-0.2, -0.15) is 0 Å². The monoisotopic (exact) mass is 367 g/mol. The van der Waals surface area contributed by atoms with E-state index in [-0.39, 0.29) is 10.9 Å². The van der Waals surface area contributed by atoms with Crippen molar-refractivity contribution in [3.63, 3.8) is 0 Å². The number of carbonyl (C=O) groups excluding carboxylic acids is 1. The number of benzene rings is 2. The van der Waals surface area contributed by atoms with Crippen LogP contribution in [0.25, 0.3) is 0 Å². The molecular weight excluding hydrogens is 349 g/mol. The second-order valence-corrected chi connectivity index (χ2v) is 5.90. The van der Waals surface area contributed by atoms with Crippen molar-refractivity contribution in [3.05, 3.63) is 57.6 Å². The molecule has 4 nitrogen and oxygen atoms in total. The summed E-state index contributed by atoms with van der Waals surface area (Å²) in [6.07, 6.45) is 0. The van der Waals surface area contributed by atoms with Crippen LogP contribution in [-0.2, 0) is 6.54 Å². The molecule has 0 N–H and O–H groups in total. The summed E-state index contributed by atoms with van der Waals surface area (Å²) in [5.41, 5.74) is 1.33. The van der Waals surface area contributed by atoms with E-state index in [1.807, 2.05) is 25.1 Å². The molecule has 6 heteroatoms.